The third-order valence-electron chi connectivity index (χ3n) is 5.27. The average Bonchev–Trinajstić information content (AvgIpc) is 3.25. The number of carbonyl (C=O) groups is 1. The lowest BCUT2D eigenvalue weighted by Gasteiger charge is -2.23. The van der Waals surface area contributed by atoms with Crippen molar-refractivity contribution >= 4 is 49.9 Å². The van der Waals surface area contributed by atoms with Crippen LogP contribution in [-0.2, 0) is 10.0 Å². The van der Waals surface area contributed by atoms with Crippen molar-refractivity contribution < 1.29 is 13.2 Å². The number of aromatic nitrogens is 3. The van der Waals surface area contributed by atoms with E-state index >= 15 is 0 Å². The first-order valence-corrected chi connectivity index (χ1v) is 12.6. The summed E-state index contributed by atoms with van der Waals surface area (Å²) in [5, 5.41) is 7.86. The fraction of sp³-hybridized carbons (Fsp3) is 0.208. The number of anilines is 2. The summed E-state index contributed by atoms with van der Waals surface area (Å²) in [5.74, 6) is -0.423. The average molecular weight is 498 g/mol. The molecule has 1 amide bonds. The third-order valence-corrected chi connectivity index (χ3v) is 7.66. The van der Waals surface area contributed by atoms with Gasteiger partial charge < -0.3 is 5.32 Å². The van der Waals surface area contributed by atoms with Crippen molar-refractivity contribution in [3.05, 3.63) is 77.6 Å². The molecule has 0 spiro atoms. The number of amides is 1. The fourth-order valence-corrected chi connectivity index (χ4v) is 5.61. The van der Waals surface area contributed by atoms with E-state index in [0.29, 0.717) is 22.6 Å². The van der Waals surface area contributed by atoms with E-state index in [1.807, 2.05) is 19.9 Å². The predicted molar refractivity (Wildman–Crippen MR) is 134 cm³/mol. The Kier molecular flexibility index (Phi) is 6.58. The minimum absolute atomic E-state index is 0.0663. The summed E-state index contributed by atoms with van der Waals surface area (Å²) in [4.78, 5) is 17.2. The molecular weight excluding hydrogens is 474 g/mol. The second kappa shape index (κ2) is 9.44. The van der Waals surface area contributed by atoms with Gasteiger partial charge in [0.1, 0.15) is 4.90 Å². The first kappa shape index (κ1) is 23.7. The summed E-state index contributed by atoms with van der Waals surface area (Å²) in [6, 6.07) is 15.0. The van der Waals surface area contributed by atoms with Crippen LogP contribution in [-0.4, -0.2) is 35.6 Å². The minimum Gasteiger partial charge on any atom is -0.322 e. The number of hydrogen-bond acceptors (Lipinski definition) is 5. The zero-order chi connectivity index (χ0) is 24.5. The number of fused-ring (bicyclic) bond motifs is 1. The van der Waals surface area contributed by atoms with Gasteiger partial charge in [-0.25, -0.2) is 18.1 Å². The van der Waals surface area contributed by atoms with Crippen LogP contribution >= 0.6 is 11.6 Å². The molecule has 2 aromatic carbocycles. The number of nitrogens with zero attached hydrogens (tertiary/aromatic N) is 4. The van der Waals surface area contributed by atoms with Crippen LogP contribution in [0.15, 0.2) is 71.9 Å². The van der Waals surface area contributed by atoms with Crippen molar-refractivity contribution in [2.75, 3.05) is 16.2 Å². The monoisotopic (exact) mass is 497 g/mol. The molecule has 0 bridgehead atoms. The topological polar surface area (TPSA) is 97.2 Å². The maximum Gasteiger partial charge on any atom is 0.265 e. The first-order chi connectivity index (χ1) is 16.2. The van der Waals surface area contributed by atoms with Gasteiger partial charge in [0, 0.05) is 29.9 Å². The molecule has 2 aromatic heterocycles. The number of nitrogens with one attached hydrogen (secondary N) is 1. The van der Waals surface area contributed by atoms with Crippen LogP contribution in [0.3, 0.4) is 0 Å². The van der Waals surface area contributed by atoms with Crippen molar-refractivity contribution in [3.8, 4) is 0 Å². The Morgan fingerprint density at radius 2 is 1.85 bits per heavy atom. The standard InChI is InChI=1S/C24H24ClN5O3S/c1-4-29(20-8-6-5-7-9-20)34(32,33)22-13-19(10-11-21(22)25)28-24(31)18-12-17-15-27-30(16(2)3)23(17)26-14-18/h5-16H,4H2,1-3H3,(H,28,31). The maximum atomic E-state index is 13.4. The van der Waals surface area contributed by atoms with Crippen LogP contribution in [0.2, 0.25) is 5.02 Å². The highest BCUT2D eigenvalue weighted by molar-refractivity contribution is 7.93. The van der Waals surface area contributed by atoms with Crippen molar-refractivity contribution in [2.45, 2.75) is 31.7 Å². The van der Waals surface area contributed by atoms with E-state index in [0.717, 1.165) is 5.39 Å². The molecule has 10 heteroatoms. The molecule has 4 aromatic rings. The smallest absolute Gasteiger partial charge is 0.265 e. The third kappa shape index (κ3) is 4.49. The SMILES string of the molecule is CCN(c1ccccc1)S(=O)(=O)c1cc(NC(=O)c2cnc3c(cnn3C(C)C)c2)ccc1Cl. The largest absolute Gasteiger partial charge is 0.322 e. The normalized spacial score (nSPS) is 11.7. The lowest BCUT2D eigenvalue weighted by atomic mass is 10.2. The highest BCUT2D eigenvalue weighted by atomic mass is 35.5. The Hall–Kier alpha value is -3.43. The zero-order valence-corrected chi connectivity index (χ0v) is 20.5. The lowest BCUT2D eigenvalue weighted by molar-refractivity contribution is 0.102. The molecule has 0 aliphatic carbocycles. The summed E-state index contributed by atoms with van der Waals surface area (Å²) in [6.45, 7) is 5.96. The number of pyridine rings is 1. The molecule has 0 atom stereocenters. The van der Waals surface area contributed by atoms with Gasteiger partial charge in [-0.05, 0) is 57.2 Å². The van der Waals surface area contributed by atoms with Gasteiger partial charge in [-0.2, -0.15) is 5.10 Å². The van der Waals surface area contributed by atoms with E-state index in [1.165, 1.54) is 22.6 Å². The number of para-hydroxylation sites is 1. The number of carbonyl (C=O) groups excluding carboxylic acids is 1. The Morgan fingerprint density at radius 3 is 2.53 bits per heavy atom. The van der Waals surface area contributed by atoms with Crippen LogP contribution in [0, 0.1) is 0 Å². The molecular formula is C24H24ClN5O3S. The van der Waals surface area contributed by atoms with Crippen molar-refractivity contribution in [3.63, 3.8) is 0 Å². The summed E-state index contributed by atoms with van der Waals surface area (Å²) >= 11 is 6.28. The second-order valence-corrected chi connectivity index (χ2v) is 10.2. The number of hydrogen-bond donors (Lipinski definition) is 1. The van der Waals surface area contributed by atoms with Gasteiger partial charge in [0.05, 0.1) is 22.5 Å². The Labute approximate surface area is 203 Å². The van der Waals surface area contributed by atoms with Crippen LogP contribution < -0.4 is 9.62 Å². The molecule has 0 radical (unpaired) electrons. The van der Waals surface area contributed by atoms with Crippen molar-refractivity contribution in [1.29, 1.82) is 0 Å². The Bertz CT molecular complexity index is 1450. The molecule has 2 heterocycles. The van der Waals surface area contributed by atoms with Crippen molar-refractivity contribution in [1.82, 2.24) is 14.8 Å². The van der Waals surface area contributed by atoms with Crippen LogP contribution in [0.1, 0.15) is 37.2 Å². The van der Waals surface area contributed by atoms with Crippen molar-refractivity contribution in [2.24, 2.45) is 0 Å². The first-order valence-electron chi connectivity index (χ1n) is 10.7. The fourth-order valence-electron chi connectivity index (χ4n) is 3.63. The second-order valence-electron chi connectivity index (χ2n) is 7.92. The molecule has 0 aliphatic heterocycles. The molecule has 34 heavy (non-hydrogen) atoms. The van der Waals surface area contributed by atoms with Crippen LogP contribution in [0.25, 0.3) is 11.0 Å². The molecule has 0 fully saturated rings. The quantitative estimate of drug-likeness (QED) is 0.381. The van der Waals surface area contributed by atoms with E-state index in [2.05, 4.69) is 15.4 Å². The van der Waals surface area contributed by atoms with Gasteiger partial charge in [0.2, 0.25) is 0 Å². The summed E-state index contributed by atoms with van der Waals surface area (Å²) < 4.78 is 29.9. The van der Waals surface area contributed by atoms with Gasteiger partial charge >= 0.3 is 0 Å². The molecule has 0 saturated heterocycles. The van der Waals surface area contributed by atoms with Crippen LogP contribution in [0.4, 0.5) is 11.4 Å². The highest BCUT2D eigenvalue weighted by Gasteiger charge is 2.26. The predicted octanol–water partition coefficient (Wildman–Crippen LogP) is 5.13. The zero-order valence-electron chi connectivity index (χ0n) is 18.9. The Balaban J connectivity index is 1.63. The molecule has 176 valence electrons. The van der Waals surface area contributed by atoms with E-state index in [1.54, 1.807) is 54.2 Å². The summed E-state index contributed by atoms with van der Waals surface area (Å²) in [6.07, 6.45) is 3.13. The maximum absolute atomic E-state index is 13.4. The number of sulfonamides is 1. The van der Waals surface area contributed by atoms with Gasteiger partial charge in [-0.1, -0.05) is 29.8 Å². The number of rotatable bonds is 7. The van der Waals surface area contributed by atoms with E-state index < -0.39 is 15.9 Å². The van der Waals surface area contributed by atoms with Gasteiger partial charge in [-0.15, -0.1) is 0 Å². The Morgan fingerprint density at radius 1 is 1.12 bits per heavy atom. The molecule has 0 saturated carbocycles. The molecule has 8 nitrogen and oxygen atoms in total. The van der Waals surface area contributed by atoms with E-state index in [-0.39, 0.29) is 22.5 Å². The van der Waals surface area contributed by atoms with Gasteiger partial charge in [0.25, 0.3) is 15.9 Å². The van der Waals surface area contributed by atoms with E-state index in [4.69, 9.17) is 11.6 Å². The molecule has 1 N–H and O–H groups in total. The number of benzene rings is 2. The minimum atomic E-state index is -3.97. The molecule has 0 aliphatic rings. The molecule has 4 rings (SSSR count). The van der Waals surface area contributed by atoms with Crippen LogP contribution in [0.5, 0.6) is 0 Å². The summed E-state index contributed by atoms with van der Waals surface area (Å²) in [7, 11) is -3.97. The lowest BCUT2D eigenvalue weighted by Crippen LogP contribution is -2.31. The van der Waals surface area contributed by atoms with E-state index in [9.17, 15) is 13.2 Å². The molecule has 0 unspecified atom stereocenters. The van der Waals surface area contributed by atoms with Gasteiger partial charge in [0.15, 0.2) is 5.65 Å². The number of halogens is 1. The summed E-state index contributed by atoms with van der Waals surface area (Å²) in [5.41, 5.74) is 1.84. The van der Waals surface area contributed by atoms with Gasteiger partial charge in [-0.3, -0.25) is 9.10 Å². The highest BCUT2D eigenvalue weighted by Crippen LogP contribution is 2.31.